The van der Waals surface area contributed by atoms with Crippen molar-refractivity contribution in [2.45, 2.75) is 58.6 Å². The Labute approximate surface area is 159 Å². The second-order valence-electron chi connectivity index (χ2n) is 7.57. The van der Waals surface area contributed by atoms with Crippen LogP contribution in [0.4, 0.5) is 5.69 Å². The number of ether oxygens (including phenoxy) is 1. The van der Waals surface area contributed by atoms with Crippen molar-refractivity contribution in [3.05, 3.63) is 23.2 Å². The van der Waals surface area contributed by atoms with Gasteiger partial charge in [0.2, 0.25) is 0 Å². The summed E-state index contributed by atoms with van der Waals surface area (Å²) in [5.41, 5.74) is -0.400. The first-order valence-electron chi connectivity index (χ1n) is 8.64. The second kappa shape index (κ2) is 8.01. The first-order chi connectivity index (χ1) is 12.1. The van der Waals surface area contributed by atoms with Crippen LogP contribution >= 0.6 is 11.6 Å². The van der Waals surface area contributed by atoms with E-state index in [2.05, 4.69) is 0 Å². The number of terminal acetylenes is 1. The second-order valence-corrected chi connectivity index (χ2v) is 7.97. The number of aliphatic carboxylic acids is 1. The largest absolute Gasteiger partial charge is 0.489 e. The topological polar surface area (TPSA) is 66.8 Å². The molecule has 1 amide bonds. The number of anilines is 1. The van der Waals surface area contributed by atoms with Gasteiger partial charge in [0.25, 0.3) is 0 Å². The Morgan fingerprint density at radius 2 is 1.96 bits per heavy atom. The Bertz CT molecular complexity index is 726. The molecule has 0 spiro atoms. The van der Waals surface area contributed by atoms with Crippen LogP contribution in [0.5, 0.6) is 5.75 Å². The van der Waals surface area contributed by atoms with E-state index in [-0.39, 0.29) is 6.10 Å². The molecule has 6 heteroatoms. The highest BCUT2D eigenvalue weighted by Crippen LogP contribution is 2.35. The first kappa shape index (κ1) is 20.1. The fraction of sp³-hybridized carbons (Fsp3) is 0.500. The molecule has 0 aliphatic heterocycles. The Kier molecular flexibility index (Phi) is 6.20. The average Bonchev–Trinajstić information content (AvgIpc) is 3.05. The zero-order valence-corrected chi connectivity index (χ0v) is 16.0. The molecular weight excluding hydrogens is 354 g/mol. The number of carbonyl (C=O) groups is 2. The van der Waals surface area contributed by atoms with E-state index >= 15 is 0 Å². The van der Waals surface area contributed by atoms with Crippen molar-refractivity contribution >= 4 is 29.2 Å². The van der Waals surface area contributed by atoms with E-state index in [1.165, 1.54) is 6.07 Å². The van der Waals surface area contributed by atoms with E-state index in [0.29, 0.717) is 16.5 Å². The van der Waals surface area contributed by atoms with Gasteiger partial charge < -0.3 is 9.84 Å². The number of hydrogen-bond acceptors (Lipinski definition) is 3. The lowest BCUT2D eigenvalue weighted by Gasteiger charge is -2.36. The van der Waals surface area contributed by atoms with Crippen molar-refractivity contribution in [3.63, 3.8) is 0 Å². The lowest BCUT2D eigenvalue weighted by atomic mass is 9.85. The van der Waals surface area contributed by atoms with Crippen molar-refractivity contribution in [1.82, 2.24) is 0 Å². The SMILES string of the molecule is C#CC(=O)N(c1ccc(OC2CCCC2)c(Cl)c1)C(C(=O)O)C(C)(C)C. The van der Waals surface area contributed by atoms with E-state index in [1.807, 2.05) is 5.92 Å². The number of benzene rings is 1. The summed E-state index contributed by atoms with van der Waals surface area (Å²) in [5.74, 6) is 0.675. The molecule has 2 rings (SSSR count). The van der Waals surface area contributed by atoms with Gasteiger partial charge in [-0.2, -0.15) is 0 Å². The standard InChI is InChI=1S/C20H24ClNO4/c1-5-17(23)22(18(19(24)25)20(2,3)4)13-10-11-16(15(21)12-13)26-14-8-6-7-9-14/h1,10-12,14,18H,6-9H2,2-4H3,(H,24,25). The lowest BCUT2D eigenvalue weighted by molar-refractivity contribution is -0.142. The van der Waals surface area contributed by atoms with Gasteiger partial charge in [-0.15, -0.1) is 6.42 Å². The highest BCUT2D eigenvalue weighted by molar-refractivity contribution is 6.32. The molecule has 5 nitrogen and oxygen atoms in total. The molecule has 1 aromatic carbocycles. The molecular formula is C20H24ClNO4. The maximum atomic E-state index is 12.3. The third kappa shape index (κ3) is 4.50. The normalized spacial score (nSPS) is 16.0. The predicted molar refractivity (Wildman–Crippen MR) is 102 cm³/mol. The number of rotatable bonds is 5. The summed E-state index contributed by atoms with van der Waals surface area (Å²) >= 11 is 6.34. The Hall–Kier alpha value is -2.19. The number of nitrogens with zero attached hydrogens (tertiary/aromatic N) is 1. The molecule has 26 heavy (non-hydrogen) atoms. The van der Waals surface area contributed by atoms with Gasteiger partial charge in [-0.3, -0.25) is 9.69 Å². The Balaban J connectivity index is 2.39. The summed E-state index contributed by atoms with van der Waals surface area (Å²) in [6.07, 6.45) is 9.67. The molecule has 1 fully saturated rings. The Morgan fingerprint density at radius 1 is 1.35 bits per heavy atom. The summed E-state index contributed by atoms with van der Waals surface area (Å²) in [6.45, 7) is 5.21. The van der Waals surface area contributed by atoms with Crippen molar-refractivity contribution in [2.24, 2.45) is 5.41 Å². The molecule has 1 N–H and O–H groups in total. The third-order valence-corrected chi connectivity index (χ3v) is 4.74. The van der Waals surface area contributed by atoms with Crippen LogP contribution < -0.4 is 9.64 Å². The zero-order chi connectivity index (χ0) is 19.5. The van der Waals surface area contributed by atoms with Crippen molar-refractivity contribution < 1.29 is 19.4 Å². The number of amides is 1. The number of carboxylic acids is 1. The molecule has 0 bridgehead atoms. The molecule has 1 aliphatic carbocycles. The molecule has 1 atom stereocenters. The fourth-order valence-electron chi connectivity index (χ4n) is 3.24. The van der Waals surface area contributed by atoms with Gasteiger partial charge in [-0.1, -0.05) is 32.4 Å². The van der Waals surface area contributed by atoms with Crippen molar-refractivity contribution in [1.29, 1.82) is 0 Å². The minimum Gasteiger partial charge on any atom is -0.489 e. The van der Waals surface area contributed by atoms with Gasteiger partial charge in [0.15, 0.2) is 0 Å². The smallest absolute Gasteiger partial charge is 0.327 e. The molecule has 0 saturated heterocycles. The number of halogens is 1. The van der Waals surface area contributed by atoms with Gasteiger partial charge in [0.1, 0.15) is 11.8 Å². The van der Waals surface area contributed by atoms with Gasteiger partial charge >= 0.3 is 11.9 Å². The lowest BCUT2D eigenvalue weighted by Crippen LogP contribution is -2.52. The van der Waals surface area contributed by atoms with E-state index in [4.69, 9.17) is 22.8 Å². The van der Waals surface area contributed by atoms with Crippen LogP contribution in [0.15, 0.2) is 18.2 Å². The van der Waals surface area contributed by atoms with Crippen molar-refractivity contribution in [2.75, 3.05) is 4.90 Å². The quantitative estimate of drug-likeness (QED) is 0.783. The highest BCUT2D eigenvalue weighted by atomic mass is 35.5. The molecule has 1 unspecified atom stereocenters. The van der Waals surface area contributed by atoms with E-state index in [1.54, 1.807) is 32.9 Å². The van der Waals surface area contributed by atoms with E-state index in [9.17, 15) is 14.7 Å². The summed E-state index contributed by atoms with van der Waals surface area (Å²) in [6, 6.07) is 3.67. The minimum absolute atomic E-state index is 0.142. The maximum absolute atomic E-state index is 12.3. The van der Waals surface area contributed by atoms with Crippen LogP contribution in [-0.2, 0) is 9.59 Å². The number of hydrogen-bond donors (Lipinski definition) is 1. The molecule has 0 heterocycles. The van der Waals surface area contributed by atoms with Gasteiger partial charge in [-0.05, 0) is 55.2 Å². The van der Waals surface area contributed by atoms with E-state index in [0.717, 1.165) is 30.6 Å². The van der Waals surface area contributed by atoms with Crippen LogP contribution in [0.3, 0.4) is 0 Å². The first-order valence-corrected chi connectivity index (χ1v) is 9.01. The van der Waals surface area contributed by atoms with Crippen LogP contribution in [0.1, 0.15) is 46.5 Å². The minimum atomic E-state index is -1.14. The maximum Gasteiger partial charge on any atom is 0.327 e. The molecule has 0 aromatic heterocycles. The molecule has 1 aliphatic rings. The van der Waals surface area contributed by atoms with Crippen molar-refractivity contribution in [3.8, 4) is 18.1 Å². The summed E-state index contributed by atoms with van der Waals surface area (Å²) in [7, 11) is 0. The van der Waals surface area contributed by atoms with E-state index < -0.39 is 23.3 Å². The predicted octanol–water partition coefficient (Wildman–Crippen LogP) is 4.13. The fourth-order valence-corrected chi connectivity index (χ4v) is 3.46. The number of carbonyl (C=O) groups excluding carboxylic acids is 1. The van der Waals surface area contributed by atoms with Crippen LogP contribution in [0.2, 0.25) is 5.02 Å². The summed E-state index contributed by atoms with van der Waals surface area (Å²) in [4.78, 5) is 25.3. The van der Waals surface area contributed by atoms with Crippen LogP contribution in [0.25, 0.3) is 0 Å². The third-order valence-electron chi connectivity index (χ3n) is 4.44. The number of carboxylic acid groups (broad SMARTS) is 1. The van der Waals surface area contributed by atoms with Gasteiger partial charge in [0, 0.05) is 5.69 Å². The van der Waals surface area contributed by atoms with Gasteiger partial charge in [0.05, 0.1) is 11.1 Å². The van der Waals surface area contributed by atoms with Gasteiger partial charge in [-0.25, -0.2) is 4.79 Å². The molecule has 1 saturated carbocycles. The monoisotopic (exact) mass is 377 g/mol. The molecule has 140 valence electrons. The Morgan fingerprint density at radius 3 is 2.42 bits per heavy atom. The molecule has 1 aromatic rings. The summed E-state index contributed by atoms with van der Waals surface area (Å²) in [5, 5.41) is 10.0. The summed E-state index contributed by atoms with van der Waals surface area (Å²) < 4.78 is 5.91. The average molecular weight is 378 g/mol. The zero-order valence-electron chi connectivity index (χ0n) is 15.3. The van der Waals surface area contributed by atoms with Crippen LogP contribution in [0, 0.1) is 17.8 Å². The highest BCUT2D eigenvalue weighted by Gasteiger charge is 2.40. The van der Waals surface area contributed by atoms with Crippen LogP contribution in [-0.4, -0.2) is 29.1 Å². The molecule has 0 radical (unpaired) electrons.